The summed E-state index contributed by atoms with van der Waals surface area (Å²) in [5.41, 5.74) is 4.17. The van der Waals surface area contributed by atoms with Crippen LogP contribution in [-0.2, 0) is 14.9 Å². The van der Waals surface area contributed by atoms with E-state index in [0.29, 0.717) is 12.2 Å². The van der Waals surface area contributed by atoms with Gasteiger partial charge in [-0.3, -0.25) is 4.79 Å². The Hall–Kier alpha value is -2.94. The van der Waals surface area contributed by atoms with Crippen LogP contribution in [0.25, 0.3) is 10.8 Å². The number of hydrogen-bond acceptors (Lipinski definition) is 3. The summed E-state index contributed by atoms with van der Waals surface area (Å²) < 4.78 is 5.12. The van der Waals surface area contributed by atoms with Crippen molar-refractivity contribution in [2.75, 3.05) is 6.61 Å². The lowest BCUT2D eigenvalue weighted by atomic mass is 9.61. The van der Waals surface area contributed by atoms with Crippen LogP contribution in [-0.4, -0.2) is 18.4 Å². The van der Waals surface area contributed by atoms with Gasteiger partial charge in [0.2, 0.25) is 0 Å². The zero-order valence-corrected chi connectivity index (χ0v) is 18.1. The fraction of sp³-hybridized carbons (Fsp3) is 0.333. The highest BCUT2D eigenvalue weighted by molar-refractivity contribution is 5.95. The van der Waals surface area contributed by atoms with Crippen LogP contribution in [0.3, 0.4) is 0 Å². The van der Waals surface area contributed by atoms with Crippen LogP contribution in [0.2, 0.25) is 0 Å². The van der Waals surface area contributed by atoms with Gasteiger partial charge in [-0.25, -0.2) is 4.79 Å². The average Bonchev–Trinajstić information content (AvgIpc) is 2.72. The minimum Gasteiger partial charge on any atom is -0.462 e. The predicted molar refractivity (Wildman–Crippen MR) is 120 cm³/mol. The van der Waals surface area contributed by atoms with E-state index < -0.39 is 0 Å². The largest absolute Gasteiger partial charge is 0.462 e. The van der Waals surface area contributed by atoms with Crippen LogP contribution in [0.1, 0.15) is 73.0 Å². The Bertz CT molecular complexity index is 1130. The molecule has 154 valence electrons. The fourth-order valence-corrected chi connectivity index (χ4v) is 5.03. The molecule has 3 aromatic carbocycles. The van der Waals surface area contributed by atoms with Gasteiger partial charge in [-0.2, -0.15) is 0 Å². The predicted octanol–water partition coefficient (Wildman–Crippen LogP) is 6.15. The molecule has 3 nitrogen and oxygen atoms in total. The highest BCUT2D eigenvalue weighted by Crippen LogP contribution is 2.50. The van der Waals surface area contributed by atoms with E-state index in [9.17, 15) is 9.59 Å². The van der Waals surface area contributed by atoms with Crippen molar-refractivity contribution in [1.29, 1.82) is 0 Å². The molecule has 0 fully saturated rings. The maximum Gasteiger partial charge on any atom is 0.338 e. The number of ketones is 1. The molecule has 0 aliphatic heterocycles. The Morgan fingerprint density at radius 1 is 1.00 bits per heavy atom. The number of hydrogen-bond donors (Lipinski definition) is 0. The van der Waals surface area contributed by atoms with Crippen LogP contribution >= 0.6 is 0 Å². The first-order valence-corrected chi connectivity index (χ1v) is 10.6. The lowest BCUT2D eigenvalue weighted by Gasteiger charge is -2.42. The van der Waals surface area contributed by atoms with Gasteiger partial charge in [-0.05, 0) is 71.2 Å². The Kier molecular flexibility index (Phi) is 5.23. The van der Waals surface area contributed by atoms with Gasteiger partial charge in [0.1, 0.15) is 5.78 Å². The van der Waals surface area contributed by atoms with E-state index in [1.54, 1.807) is 13.8 Å². The van der Waals surface area contributed by atoms with Gasteiger partial charge in [0.25, 0.3) is 0 Å². The summed E-state index contributed by atoms with van der Waals surface area (Å²) in [4.78, 5) is 24.8. The smallest absolute Gasteiger partial charge is 0.338 e. The summed E-state index contributed by atoms with van der Waals surface area (Å²) in [6, 6.07) is 20.4. The molecule has 0 N–H and O–H groups in total. The van der Waals surface area contributed by atoms with Crippen molar-refractivity contribution in [2.45, 2.75) is 51.4 Å². The molecule has 0 spiro atoms. The molecular formula is C27H28O3. The number of esters is 1. The molecule has 0 amide bonds. The number of benzene rings is 3. The highest BCUT2D eigenvalue weighted by atomic mass is 16.5. The first-order chi connectivity index (χ1) is 14.3. The van der Waals surface area contributed by atoms with Crippen LogP contribution in [0, 0.1) is 0 Å². The normalized spacial score (nSPS) is 19.9. The lowest BCUT2D eigenvalue weighted by Crippen LogP contribution is -2.34. The topological polar surface area (TPSA) is 43.4 Å². The van der Waals surface area contributed by atoms with Gasteiger partial charge >= 0.3 is 5.97 Å². The average molecular weight is 401 g/mol. The molecule has 2 unspecified atom stereocenters. The second kappa shape index (κ2) is 7.71. The lowest BCUT2D eigenvalue weighted by molar-refractivity contribution is -0.119. The molecule has 2 atom stereocenters. The second-order valence-electron chi connectivity index (χ2n) is 8.91. The zero-order valence-electron chi connectivity index (χ0n) is 18.1. The Morgan fingerprint density at radius 3 is 2.43 bits per heavy atom. The van der Waals surface area contributed by atoms with Gasteiger partial charge in [0.15, 0.2) is 0 Å². The molecule has 0 radical (unpaired) electrons. The second-order valence-corrected chi connectivity index (χ2v) is 8.91. The van der Waals surface area contributed by atoms with Crippen molar-refractivity contribution in [3.63, 3.8) is 0 Å². The first kappa shape index (κ1) is 20.3. The van der Waals surface area contributed by atoms with E-state index in [4.69, 9.17) is 4.74 Å². The molecule has 0 heterocycles. The van der Waals surface area contributed by atoms with Crippen molar-refractivity contribution in [3.8, 4) is 0 Å². The van der Waals surface area contributed by atoms with E-state index >= 15 is 0 Å². The van der Waals surface area contributed by atoms with E-state index in [1.165, 1.54) is 11.1 Å². The molecule has 1 aliphatic rings. The zero-order chi connectivity index (χ0) is 21.5. The van der Waals surface area contributed by atoms with E-state index in [2.05, 4.69) is 50.2 Å². The Balaban J connectivity index is 1.78. The molecule has 4 rings (SSSR count). The summed E-state index contributed by atoms with van der Waals surface area (Å²) in [5.74, 6) is -0.0986. The summed E-state index contributed by atoms with van der Waals surface area (Å²) >= 11 is 0. The maximum absolute atomic E-state index is 12.7. The Labute approximate surface area is 178 Å². The number of ether oxygens (including phenoxy) is 1. The van der Waals surface area contributed by atoms with Gasteiger partial charge in [0.05, 0.1) is 12.2 Å². The van der Waals surface area contributed by atoms with E-state index in [0.717, 1.165) is 22.8 Å². The van der Waals surface area contributed by atoms with Crippen molar-refractivity contribution in [1.82, 2.24) is 0 Å². The van der Waals surface area contributed by atoms with E-state index in [1.807, 2.05) is 24.3 Å². The highest BCUT2D eigenvalue weighted by Gasteiger charge is 2.41. The maximum atomic E-state index is 12.7. The van der Waals surface area contributed by atoms with Crippen molar-refractivity contribution >= 4 is 22.5 Å². The van der Waals surface area contributed by atoms with Crippen LogP contribution in [0.5, 0.6) is 0 Å². The molecule has 3 aromatic rings. The number of carbonyl (C=O) groups is 2. The number of rotatable bonds is 4. The first-order valence-electron chi connectivity index (χ1n) is 10.6. The summed E-state index contributed by atoms with van der Waals surface area (Å²) in [5, 5.41) is 2.07. The third-order valence-corrected chi connectivity index (χ3v) is 6.40. The molecule has 1 aliphatic carbocycles. The van der Waals surface area contributed by atoms with E-state index in [-0.39, 0.29) is 29.0 Å². The van der Waals surface area contributed by atoms with Gasteiger partial charge < -0.3 is 4.74 Å². The van der Waals surface area contributed by atoms with Crippen molar-refractivity contribution in [3.05, 3.63) is 82.9 Å². The molecule has 0 aromatic heterocycles. The number of fused-ring (bicyclic) bond motifs is 2. The number of carbonyl (C=O) groups excluding carboxylic acids is 2. The third kappa shape index (κ3) is 3.54. The molecule has 3 heteroatoms. The Morgan fingerprint density at radius 2 is 1.70 bits per heavy atom. The van der Waals surface area contributed by atoms with Gasteiger partial charge in [-0.15, -0.1) is 0 Å². The van der Waals surface area contributed by atoms with Crippen LogP contribution < -0.4 is 0 Å². The fourth-order valence-electron chi connectivity index (χ4n) is 5.03. The van der Waals surface area contributed by atoms with Gasteiger partial charge in [-0.1, -0.05) is 62.4 Å². The molecule has 0 bridgehead atoms. The SMILES string of the molecule is CCOC(=O)c1ccc2cc(C3CC(C)(C)c4ccccc4C3C(C)=O)ccc2c1. The minimum atomic E-state index is -0.300. The van der Waals surface area contributed by atoms with Crippen LogP contribution in [0.4, 0.5) is 0 Å². The monoisotopic (exact) mass is 400 g/mol. The molecule has 30 heavy (non-hydrogen) atoms. The summed E-state index contributed by atoms with van der Waals surface area (Å²) in [6.07, 6.45) is 0.917. The van der Waals surface area contributed by atoms with Gasteiger partial charge in [0, 0.05) is 5.92 Å². The quantitative estimate of drug-likeness (QED) is 0.493. The minimum absolute atomic E-state index is 0.00403. The summed E-state index contributed by atoms with van der Waals surface area (Å²) in [7, 11) is 0. The van der Waals surface area contributed by atoms with Crippen molar-refractivity contribution < 1.29 is 14.3 Å². The van der Waals surface area contributed by atoms with Crippen LogP contribution in [0.15, 0.2) is 60.7 Å². The third-order valence-electron chi connectivity index (χ3n) is 6.40. The number of Topliss-reactive ketones (excluding diaryl/α,β-unsaturated/α-hetero) is 1. The summed E-state index contributed by atoms with van der Waals surface area (Å²) in [6.45, 7) is 8.41. The molecule has 0 saturated heterocycles. The van der Waals surface area contributed by atoms with Crippen molar-refractivity contribution in [2.24, 2.45) is 0 Å². The molecule has 0 saturated carbocycles. The standard InChI is InChI=1S/C27H28O3/c1-5-30-26(29)21-13-11-18-14-20(12-10-19(18)15-21)23-16-27(3,4)24-9-7-6-8-22(24)25(23)17(2)28/h6-15,23,25H,5,16H2,1-4H3. The molecular weight excluding hydrogens is 372 g/mol.